The van der Waals surface area contributed by atoms with E-state index in [4.69, 9.17) is 0 Å². The minimum Gasteiger partial charge on any atom is -0.313 e. The third kappa shape index (κ3) is 2.48. The minimum atomic E-state index is 0.810. The summed E-state index contributed by atoms with van der Waals surface area (Å²) in [5.41, 5.74) is 0. The van der Waals surface area contributed by atoms with E-state index >= 15 is 0 Å². The lowest BCUT2D eigenvalue weighted by atomic mass is 9.78. The fourth-order valence-electron chi connectivity index (χ4n) is 5.83. The Balaban J connectivity index is 1.54. The Bertz CT molecular complexity index is 301. The topological polar surface area (TPSA) is 12.0 Å². The molecule has 1 nitrogen and oxygen atoms in total. The number of fused-ring (bicyclic) bond motifs is 5. The van der Waals surface area contributed by atoms with Gasteiger partial charge in [0.05, 0.1) is 0 Å². The van der Waals surface area contributed by atoms with Crippen molar-refractivity contribution in [1.29, 1.82) is 0 Å². The summed E-state index contributed by atoms with van der Waals surface area (Å²) < 4.78 is 0. The monoisotopic (exact) mass is 263 g/mol. The maximum absolute atomic E-state index is 3.99. The number of nitrogens with one attached hydrogen (secondary N) is 1. The first-order chi connectivity index (χ1) is 9.08. The molecule has 3 rings (SSSR count). The first-order valence-corrected chi connectivity index (χ1v) is 8.81. The van der Waals surface area contributed by atoms with Gasteiger partial charge in [0.25, 0.3) is 0 Å². The summed E-state index contributed by atoms with van der Waals surface area (Å²) in [6, 6.07) is 0.865. The zero-order valence-electron chi connectivity index (χ0n) is 13.4. The highest BCUT2D eigenvalue weighted by Crippen LogP contribution is 2.58. The molecule has 2 bridgehead atoms. The van der Waals surface area contributed by atoms with Crippen LogP contribution >= 0.6 is 0 Å². The molecule has 0 aromatic rings. The van der Waals surface area contributed by atoms with Gasteiger partial charge in [0.15, 0.2) is 0 Å². The van der Waals surface area contributed by atoms with E-state index in [1.165, 1.54) is 19.4 Å². The molecular formula is C18H33N. The molecule has 0 heterocycles. The highest BCUT2D eigenvalue weighted by atomic mass is 14.9. The molecule has 1 N–H and O–H groups in total. The zero-order valence-corrected chi connectivity index (χ0v) is 13.4. The Morgan fingerprint density at radius 1 is 0.895 bits per heavy atom. The van der Waals surface area contributed by atoms with E-state index in [-0.39, 0.29) is 0 Å². The normalized spacial score (nSPS) is 40.9. The summed E-state index contributed by atoms with van der Waals surface area (Å²) in [5, 5.41) is 3.99. The summed E-state index contributed by atoms with van der Waals surface area (Å²) >= 11 is 0. The van der Waals surface area contributed by atoms with E-state index in [1.807, 2.05) is 0 Å². The van der Waals surface area contributed by atoms with Crippen LogP contribution in [-0.4, -0.2) is 12.6 Å². The Hall–Kier alpha value is -0.0400. The second-order valence-corrected chi connectivity index (χ2v) is 8.32. The van der Waals surface area contributed by atoms with Crippen molar-refractivity contribution in [3.05, 3.63) is 0 Å². The molecule has 3 fully saturated rings. The molecule has 5 atom stereocenters. The van der Waals surface area contributed by atoms with Crippen LogP contribution in [0.15, 0.2) is 0 Å². The Morgan fingerprint density at radius 2 is 1.58 bits per heavy atom. The average Bonchev–Trinajstić information content (AvgIpc) is 2.99. The fourth-order valence-corrected chi connectivity index (χ4v) is 5.83. The van der Waals surface area contributed by atoms with Crippen molar-refractivity contribution in [2.75, 3.05) is 6.54 Å². The van der Waals surface area contributed by atoms with Gasteiger partial charge in [-0.25, -0.2) is 0 Å². The van der Waals surface area contributed by atoms with Crippen molar-refractivity contribution in [2.24, 2.45) is 41.4 Å². The van der Waals surface area contributed by atoms with Gasteiger partial charge in [-0.1, -0.05) is 34.1 Å². The summed E-state index contributed by atoms with van der Waals surface area (Å²) in [5.74, 6) is 6.83. The highest BCUT2D eigenvalue weighted by Gasteiger charge is 2.53. The molecule has 3 aliphatic carbocycles. The van der Waals surface area contributed by atoms with Crippen LogP contribution in [-0.2, 0) is 0 Å². The molecule has 3 aliphatic rings. The standard InChI is InChI=1S/C18H33N/c1-11(2)17(12(3)4)10-19-18-9-13-8-16(18)15-7-5-6-14(13)15/h11-19H,5-10H2,1-4H3. The first-order valence-electron chi connectivity index (χ1n) is 8.81. The number of rotatable bonds is 5. The maximum Gasteiger partial charge on any atom is 0.0101 e. The van der Waals surface area contributed by atoms with E-state index in [2.05, 4.69) is 33.0 Å². The van der Waals surface area contributed by atoms with Gasteiger partial charge in [-0.2, -0.15) is 0 Å². The summed E-state index contributed by atoms with van der Waals surface area (Å²) in [7, 11) is 0. The molecule has 0 aliphatic heterocycles. The summed E-state index contributed by atoms with van der Waals surface area (Å²) in [6.07, 6.45) is 7.67. The van der Waals surface area contributed by atoms with Gasteiger partial charge < -0.3 is 5.32 Å². The second kappa shape index (κ2) is 5.39. The molecule has 5 unspecified atom stereocenters. The molecular weight excluding hydrogens is 230 g/mol. The Morgan fingerprint density at radius 3 is 2.26 bits per heavy atom. The van der Waals surface area contributed by atoms with Gasteiger partial charge in [-0.3, -0.25) is 0 Å². The number of hydrogen-bond donors (Lipinski definition) is 1. The van der Waals surface area contributed by atoms with Gasteiger partial charge >= 0.3 is 0 Å². The summed E-state index contributed by atoms with van der Waals surface area (Å²) in [6.45, 7) is 10.8. The van der Waals surface area contributed by atoms with Gasteiger partial charge in [0, 0.05) is 6.04 Å². The van der Waals surface area contributed by atoms with Gasteiger partial charge in [0.2, 0.25) is 0 Å². The molecule has 0 aromatic carbocycles. The van der Waals surface area contributed by atoms with Crippen LogP contribution in [0.4, 0.5) is 0 Å². The molecule has 0 spiro atoms. The smallest absolute Gasteiger partial charge is 0.0101 e. The SMILES string of the molecule is CC(C)C(CNC1CC2CC1C1CCCC21)C(C)C. The third-order valence-electron chi connectivity index (χ3n) is 6.76. The predicted molar refractivity (Wildman–Crippen MR) is 82.0 cm³/mol. The van der Waals surface area contributed by atoms with Crippen molar-refractivity contribution >= 4 is 0 Å². The molecule has 0 aromatic heterocycles. The average molecular weight is 263 g/mol. The van der Waals surface area contributed by atoms with Crippen LogP contribution in [0.25, 0.3) is 0 Å². The molecule has 1 heteroatoms. The van der Waals surface area contributed by atoms with Crippen LogP contribution < -0.4 is 5.32 Å². The minimum absolute atomic E-state index is 0.810. The predicted octanol–water partition coefficient (Wildman–Crippen LogP) is 4.33. The van der Waals surface area contributed by atoms with Crippen LogP contribution in [0, 0.1) is 41.4 Å². The van der Waals surface area contributed by atoms with E-state index in [0.29, 0.717) is 0 Å². The third-order valence-corrected chi connectivity index (χ3v) is 6.76. The van der Waals surface area contributed by atoms with Crippen LogP contribution in [0.3, 0.4) is 0 Å². The van der Waals surface area contributed by atoms with E-state index < -0.39 is 0 Å². The lowest BCUT2D eigenvalue weighted by Crippen LogP contribution is -2.43. The lowest BCUT2D eigenvalue weighted by molar-refractivity contribution is 0.188. The lowest BCUT2D eigenvalue weighted by Gasteiger charge is -2.34. The van der Waals surface area contributed by atoms with Crippen molar-refractivity contribution in [2.45, 2.75) is 65.8 Å². The second-order valence-electron chi connectivity index (χ2n) is 8.32. The molecule has 19 heavy (non-hydrogen) atoms. The van der Waals surface area contributed by atoms with Crippen molar-refractivity contribution in [3.8, 4) is 0 Å². The molecule has 0 amide bonds. The van der Waals surface area contributed by atoms with Crippen LogP contribution in [0.2, 0.25) is 0 Å². The fraction of sp³-hybridized carbons (Fsp3) is 1.00. The molecule has 0 radical (unpaired) electrons. The molecule has 0 saturated heterocycles. The van der Waals surface area contributed by atoms with E-state index in [9.17, 15) is 0 Å². The molecule has 3 saturated carbocycles. The Labute approximate surface area is 119 Å². The Kier molecular flexibility index (Phi) is 3.95. The zero-order chi connectivity index (χ0) is 13.6. The first kappa shape index (κ1) is 13.9. The summed E-state index contributed by atoms with van der Waals surface area (Å²) in [4.78, 5) is 0. The van der Waals surface area contributed by atoms with Gasteiger partial charge in [0.1, 0.15) is 0 Å². The van der Waals surface area contributed by atoms with Gasteiger partial charge in [-0.05, 0) is 73.7 Å². The van der Waals surface area contributed by atoms with Crippen LogP contribution in [0.5, 0.6) is 0 Å². The van der Waals surface area contributed by atoms with Crippen LogP contribution in [0.1, 0.15) is 59.8 Å². The molecule has 110 valence electrons. The van der Waals surface area contributed by atoms with Crippen molar-refractivity contribution < 1.29 is 0 Å². The van der Waals surface area contributed by atoms with Crippen molar-refractivity contribution in [1.82, 2.24) is 5.32 Å². The quantitative estimate of drug-likeness (QED) is 0.778. The van der Waals surface area contributed by atoms with Gasteiger partial charge in [-0.15, -0.1) is 0 Å². The maximum atomic E-state index is 3.99. The van der Waals surface area contributed by atoms with Crippen molar-refractivity contribution in [3.63, 3.8) is 0 Å². The highest BCUT2D eigenvalue weighted by molar-refractivity contribution is 5.05. The number of hydrogen-bond acceptors (Lipinski definition) is 1. The van der Waals surface area contributed by atoms with E-state index in [1.54, 1.807) is 19.3 Å². The van der Waals surface area contributed by atoms with E-state index in [0.717, 1.165) is 47.5 Å². The largest absolute Gasteiger partial charge is 0.313 e.